The van der Waals surface area contributed by atoms with Crippen molar-refractivity contribution >= 4 is 5.95 Å². The lowest BCUT2D eigenvalue weighted by atomic mass is 10.2. The van der Waals surface area contributed by atoms with E-state index in [9.17, 15) is 5.21 Å². The highest BCUT2D eigenvalue weighted by molar-refractivity contribution is 5.21. The molecule has 6 heteroatoms. The van der Waals surface area contributed by atoms with Gasteiger partial charge in [-0.1, -0.05) is 32.6 Å². The van der Waals surface area contributed by atoms with Crippen molar-refractivity contribution in [1.29, 1.82) is 0 Å². The molecule has 0 saturated carbocycles. The third-order valence-electron chi connectivity index (χ3n) is 2.74. The quantitative estimate of drug-likeness (QED) is 0.557. The molecule has 0 saturated heterocycles. The Hall–Kier alpha value is -1.72. The monoisotopic (exact) mass is 268 g/mol. The predicted molar refractivity (Wildman–Crippen MR) is 74.2 cm³/mol. The maximum atomic E-state index is 9.71. The van der Waals surface area contributed by atoms with E-state index in [0.29, 0.717) is 24.5 Å². The van der Waals surface area contributed by atoms with Gasteiger partial charge in [0.05, 0.1) is 6.61 Å². The number of ether oxygens (including phenoxy) is 1. The molecule has 1 heterocycles. The number of hydrogen-bond acceptors (Lipinski definition) is 5. The van der Waals surface area contributed by atoms with Gasteiger partial charge >= 0.3 is 0 Å². The molecule has 0 unspecified atom stereocenters. The first kappa shape index (κ1) is 15.3. The molecular formula is C13H24N4O2. The first-order chi connectivity index (χ1) is 9.19. The molecule has 6 nitrogen and oxygen atoms in total. The lowest BCUT2D eigenvalue weighted by molar-refractivity contribution is 0.172. The van der Waals surface area contributed by atoms with Crippen LogP contribution in [-0.2, 0) is 0 Å². The minimum absolute atomic E-state index is 0.0179. The van der Waals surface area contributed by atoms with Crippen molar-refractivity contribution in [3.63, 3.8) is 0 Å². The highest BCUT2D eigenvalue weighted by Crippen LogP contribution is 2.05. The third-order valence-corrected chi connectivity index (χ3v) is 2.74. The zero-order valence-corrected chi connectivity index (χ0v) is 11.8. The number of hydrogen-bond donors (Lipinski definition) is 2. The van der Waals surface area contributed by atoms with E-state index in [0.717, 1.165) is 17.6 Å². The van der Waals surface area contributed by atoms with Crippen LogP contribution in [0.5, 0.6) is 5.88 Å². The summed E-state index contributed by atoms with van der Waals surface area (Å²) in [7, 11) is 0. The van der Waals surface area contributed by atoms with Crippen LogP contribution in [0.25, 0.3) is 0 Å². The predicted octanol–water partition coefficient (Wildman–Crippen LogP) is 1.97. The fourth-order valence-corrected chi connectivity index (χ4v) is 1.72. The second-order valence-electron chi connectivity index (χ2n) is 4.35. The van der Waals surface area contributed by atoms with Gasteiger partial charge in [-0.25, -0.2) is 0 Å². The highest BCUT2D eigenvalue weighted by Gasteiger charge is 2.03. The zero-order chi connectivity index (χ0) is 14.1. The molecule has 0 fully saturated rings. The van der Waals surface area contributed by atoms with Crippen molar-refractivity contribution < 1.29 is 9.94 Å². The van der Waals surface area contributed by atoms with Gasteiger partial charge in [-0.05, 0) is 13.3 Å². The second-order valence-corrected chi connectivity index (χ2v) is 4.35. The van der Waals surface area contributed by atoms with Crippen molar-refractivity contribution in [2.45, 2.75) is 46.0 Å². The molecule has 0 aromatic carbocycles. The smallest absolute Gasteiger partial charge is 0.239 e. The second kappa shape index (κ2) is 8.39. The fraction of sp³-hybridized carbons (Fsp3) is 0.692. The topological polar surface area (TPSA) is 85.7 Å². The molecule has 1 rings (SSSR count). The van der Waals surface area contributed by atoms with Crippen LogP contribution in [0.1, 0.15) is 46.0 Å². The number of nitrogens with zero attached hydrogens (tertiary/aromatic N) is 3. The highest BCUT2D eigenvalue weighted by atomic mass is 16.5. The standard InChI is InChI=1S/C13H24N4O2/c1-3-5-6-7-8-9-15-11-10-12(19-4-2)16-13(14)17(11)18/h10,18H,3-9H2,1-2H3,(H2,14,16). The Morgan fingerprint density at radius 3 is 2.74 bits per heavy atom. The first-order valence-corrected chi connectivity index (χ1v) is 6.91. The number of rotatable bonds is 8. The Balaban J connectivity index is 2.64. The van der Waals surface area contributed by atoms with Crippen molar-refractivity contribution in [1.82, 2.24) is 9.71 Å². The van der Waals surface area contributed by atoms with Crippen LogP contribution in [-0.4, -0.2) is 28.1 Å². The average molecular weight is 268 g/mol. The number of nitrogens with two attached hydrogens (primary N) is 1. The Labute approximate surface area is 113 Å². The summed E-state index contributed by atoms with van der Waals surface area (Å²) in [6.45, 7) is 5.22. The lowest BCUT2D eigenvalue weighted by Crippen LogP contribution is -2.23. The molecule has 3 N–H and O–H groups in total. The minimum atomic E-state index is -0.0179. The Morgan fingerprint density at radius 2 is 2.05 bits per heavy atom. The molecule has 108 valence electrons. The number of unbranched alkanes of at least 4 members (excludes halogenated alkanes) is 4. The molecule has 0 spiro atoms. The van der Waals surface area contributed by atoms with Gasteiger partial charge in [0.25, 0.3) is 0 Å². The van der Waals surface area contributed by atoms with Crippen LogP contribution >= 0.6 is 0 Å². The van der Waals surface area contributed by atoms with E-state index in [1.807, 2.05) is 6.92 Å². The lowest BCUT2D eigenvalue weighted by Gasteiger charge is -2.06. The van der Waals surface area contributed by atoms with Crippen molar-refractivity contribution in [3.8, 4) is 5.88 Å². The Morgan fingerprint density at radius 1 is 1.32 bits per heavy atom. The third kappa shape index (κ3) is 5.19. The maximum Gasteiger partial charge on any atom is 0.239 e. The summed E-state index contributed by atoms with van der Waals surface area (Å²) in [6, 6.07) is 1.59. The molecule has 0 aliphatic heterocycles. The zero-order valence-electron chi connectivity index (χ0n) is 11.8. The summed E-state index contributed by atoms with van der Waals surface area (Å²) in [6.07, 6.45) is 5.88. The molecule has 0 bridgehead atoms. The molecule has 0 aliphatic carbocycles. The number of nitrogen functional groups attached to an aromatic ring is 1. The van der Waals surface area contributed by atoms with Gasteiger partial charge in [0.15, 0.2) is 5.49 Å². The average Bonchev–Trinajstić information content (AvgIpc) is 2.39. The molecule has 0 atom stereocenters. The summed E-state index contributed by atoms with van der Waals surface area (Å²) in [4.78, 5) is 8.22. The normalized spacial score (nSPS) is 11.8. The number of anilines is 1. The molecule has 0 radical (unpaired) electrons. The maximum absolute atomic E-state index is 9.71. The summed E-state index contributed by atoms with van der Waals surface area (Å²) in [5, 5.41) is 9.71. The van der Waals surface area contributed by atoms with Gasteiger partial charge < -0.3 is 15.7 Å². The van der Waals surface area contributed by atoms with Crippen molar-refractivity contribution in [2.24, 2.45) is 4.99 Å². The molecular weight excluding hydrogens is 244 g/mol. The number of aromatic nitrogens is 2. The Kier molecular flexibility index (Phi) is 6.78. The van der Waals surface area contributed by atoms with Crippen molar-refractivity contribution in [2.75, 3.05) is 18.9 Å². The molecule has 1 aromatic rings. The van der Waals surface area contributed by atoms with Crippen LogP contribution in [0.15, 0.2) is 11.1 Å². The van der Waals surface area contributed by atoms with Gasteiger partial charge in [0.1, 0.15) is 0 Å². The molecule has 19 heavy (non-hydrogen) atoms. The van der Waals surface area contributed by atoms with E-state index < -0.39 is 0 Å². The Bertz CT molecular complexity index is 443. The first-order valence-electron chi connectivity index (χ1n) is 6.91. The SMILES string of the molecule is CCCCCCCN=c1cc(OCC)nc(N)n1O. The van der Waals surface area contributed by atoms with E-state index in [1.54, 1.807) is 6.07 Å². The van der Waals surface area contributed by atoms with E-state index >= 15 is 0 Å². The van der Waals surface area contributed by atoms with Gasteiger partial charge in [-0.15, -0.1) is 4.73 Å². The van der Waals surface area contributed by atoms with Gasteiger partial charge in [-0.3, -0.25) is 4.99 Å². The van der Waals surface area contributed by atoms with E-state index in [2.05, 4.69) is 16.9 Å². The largest absolute Gasteiger partial charge is 0.478 e. The minimum Gasteiger partial charge on any atom is -0.478 e. The van der Waals surface area contributed by atoms with E-state index in [-0.39, 0.29) is 5.95 Å². The van der Waals surface area contributed by atoms with Crippen molar-refractivity contribution in [3.05, 3.63) is 11.6 Å². The van der Waals surface area contributed by atoms with Crippen LogP contribution in [0, 0.1) is 0 Å². The molecule has 0 amide bonds. The van der Waals surface area contributed by atoms with Crippen LogP contribution in [0.3, 0.4) is 0 Å². The van der Waals surface area contributed by atoms with Gasteiger partial charge in [-0.2, -0.15) is 4.98 Å². The van der Waals surface area contributed by atoms with Crippen LogP contribution < -0.4 is 16.0 Å². The summed E-state index contributed by atoms with van der Waals surface area (Å²) in [5.74, 6) is 0.366. The van der Waals surface area contributed by atoms with Gasteiger partial charge in [0, 0.05) is 12.6 Å². The molecule has 0 aliphatic rings. The fourth-order valence-electron chi connectivity index (χ4n) is 1.72. The van der Waals surface area contributed by atoms with E-state index in [4.69, 9.17) is 10.5 Å². The van der Waals surface area contributed by atoms with Gasteiger partial charge in [0.2, 0.25) is 11.8 Å². The summed E-state index contributed by atoms with van der Waals surface area (Å²) in [5.41, 5.74) is 5.96. The summed E-state index contributed by atoms with van der Waals surface area (Å²) >= 11 is 0. The van der Waals surface area contributed by atoms with Crippen LogP contribution in [0.2, 0.25) is 0 Å². The molecule has 1 aromatic heterocycles. The van der Waals surface area contributed by atoms with Crippen LogP contribution in [0.4, 0.5) is 5.95 Å². The van der Waals surface area contributed by atoms with E-state index in [1.165, 1.54) is 19.3 Å². The summed E-state index contributed by atoms with van der Waals surface area (Å²) < 4.78 is 6.05.